The van der Waals surface area contributed by atoms with Crippen molar-refractivity contribution in [1.29, 1.82) is 0 Å². The average molecular weight is 341 g/mol. The number of nitrogens with zero attached hydrogens (tertiary/aromatic N) is 1. The quantitative estimate of drug-likeness (QED) is 0.819. The monoisotopic (exact) mass is 341 g/mol. The second kappa shape index (κ2) is 6.34. The Morgan fingerprint density at radius 2 is 2.23 bits per heavy atom. The number of thiocarbonyl (C=S) groups is 1. The molecule has 7 heteroatoms. The number of hydrogen-bond acceptors (Lipinski definition) is 5. The van der Waals surface area contributed by atoms with E-state index < -0.39 is 11.5 Å². The predicted molar refractivity (Wildman–Crippen MR) is 90.8 cm³/mol. The Morgan fingerprint density at radius 1 is 1.55 bits per heavy atom. The highest BCUT2D eigenvalue weighted by atomic mass is 32.2. The number of carboxylic acids is 1. The maximum atomic E-state index is 12.0. The Labute approximate surface area is 139 Å². The fourth-order valence-corrected chi connectivity index (χ4v) is 4.05. The Balaban J connectivity index is 2.59. The summed E-state index contributed by atoms with van der Waals surface area (Å²) in [7, 11) is 1.44. The largest absolute Gasteiger partial charge is 0.504 e. The van der Waals surface area contributed by atoms with Gasteiger partial charge in [-0.2, -0.15) is 0 Å². The van der Waals surface area contributed by atoms with Gasteiger partial charge in [-0.15, -0.1) is 0 Å². The van der Waals surface area contributed by atoms with E-state index in [1.807, 2.05) is 6.92 Å². The summed E-state index contributed by atoms with van der Waals surface area (Å²) in [6.45, 7) is 4.13. The van der Waals surface area contributed by atoms with Crippen molar-refractivity contribution in [3.8, 4) is 11.5 Å². The van der Waals surface area contributed by atoms with E-state index in [1.54, 1.807) is 24.0 Å². The molecule has 1 heterocycles. The summed E-state index contributed by atoms with van der Waals surface area (Å²) in [5.74, 6) is 0.104. The minimum Gasteiger partial charge on any atom is -0.504 e. The topological polar surface area (TPSA) is 70.0 Å². The highest BCUT2D eigenvalue weighted by molar-refractivity contribution is 8.22. The van der Waals surface area contributed by atoms with Gasteiger partial charge in [0, 0.05) is 6.54 Å². The molecule has 0 bridgehead atoms. The summed E-state index contributed by atoms with van der Waals surface area (Å²) in [6, 6.07) is 3.19. The lowest BCUT2D eigenvalue weighted by Gasteiger charge is -2.44. The number of phenolic OH excluding ortho intramolecular Hbond substituents is 1. The van der Waals surface area contributed by atoms with Gasteiger partial charge in [0.2, 0.25) is 0 Å². The van der Waals surface area contributed by atoms with E-state index in [4.69, 9.17) is 17.0 Å². The number of rotatable bonds is 3. The maximum Gasteiger partial charge on any atom is 0.334 e. The van der Waals surface area contributed by atoms with E-state index in [0.29, 0.717) is 22.8 Å². The van der Waals surface area contributed by atoms with Crippen molar-refractivity contribution in [3.63, 3.8) is 0 Å². The normalized spacial score (nSPS) is 20.4. The maximum absolute atomic E-state index is 12.0. The van der Waals surface area contributed by atoms with E-state index in [9.17, 15) is 15.0 Å². The summed E-state index contributed by atoms with van der Waals surface area (Å²) in [4.78, 5) is 13.8. The molecule has 22 heavy (non-hydrogen) atoms. The molecule has 5 nitrogen and oxygen atoms in total. The number of carboxylic acid groups (broad SMARTS) is 1. The lowest BCUT2D eigenvalue weighted by molar-refractivity contribution is -0.148. The van der Waals surface area contributed by atoms with Crippen LogP contribution in [0.2, 0.25) is 0 Å². The molecule has 1 atom stereocenters. The molecule has 1 aromatic carbocycles. The molecule has 2 N–H and O–H groups in total. The fraction of sp³-hybridized carbons (Fsp3) is 0.467. The first-order valence-electron chi connectivity index (χ1n) is 6.94. The minimum atomic E-state index is -1.27. The molecule has 2 rings (SSSR count). The van der Waals surface area contributed by atoms with Gasteiger partial charge in [-0.05, 0) is 42.4 Å². The molecule has 0 saturated carbocycles. The van der Waals surface area contributed by atoms with Gasteiger partial charge in [-0.1, -0.05) is 30.9 Å². The third-order valence-electron chi connectivity index (χ3n) is 3.98. The molecular formula is C15H19NO4S2. The van der Waals surface area contributed by atoms with Crippen LogP contribution in [-0.2, 0) is 16.8 Å². The van der Waals surface area contributed by atoms with E-state index in [-0.39, 0.29) is 11.5 Å². The van der Waals surface area contributed by atoms with Crippen molar-refractivity contribution in [1.82, 2.24) is 4.90 Å². The number of thioether (sulfide) groups is 1. The molecule has 120 valence electrons. The molecule has 0 amide bonds. The number of ether oxygens (including phenoxy) is 1. The molecule has 0 aliphatic carbocycles. The minimum absolute atomic E-state index is 0.0212. The van der Waals surface area contributed by atoms with Crippen LogP contribution in [0.3, 0.4) is 0 Å². The molecule has 1 aromatic rings. The fourth-order valence-electron chi connectivity index (χ4n) is 2.74. The van der Waals surface area contributed by atoms with Crippen molar-refractivity contribution in [3.05, 3.63) is 23.3 Å². The van der Waals surface area contributed by atoms with Gasteiger partial charge < -0.3 is 19.8 Å². The number of fused-ring (bicyclic) bond motifs is 1. The van der Waals surface area contributed by atoms with Gasteiger partial charge in [-0.3, -0.25) is 0 Å². The second-order valence-corrected chi connectivity index (χ2v) is 7.06. The molecular weight excluding hydrogens is 322 g/mol. The van der Waals surface area contributed by atoms with Crippen LogP contribution in [0.5, 0.6) is 11.5 Å². The van der Waals surface area contributed by atoms with E-state index in [2.05, 4.69) is 0 Å². The lowest BCUT2D eigenvalue weighted by atomic mass is 9.82. The van der Waals surface area contributed by atoms with Gasteiger partial charge in [0.1, 0.15) is 4.32 Å². The molecule has 0 radical (unpaired) electrons. The Hall–Kier alpha value is -1.47. The zero-order valence-corrected chi connectivity index (χ0v) is 14.4. The summed E-state index contributed by atoms with van der Waals surface area (Å²) >= 11 is 6.86. The molecule has 1 aliphatic heterocycles. The summed E-state index contributed by atoms with van der Waals surface area (Å²) in [6.07, 6.45) is 0.625. The molecule has 0 saturated heterocycles. The van der Waals surface area contributed by atoms with Crippen LogP contribution >= 0.6 is 24.0 Å². The summed E-state index contributed by atoms with van der Waals surface area (Å²) < 4.78 is 5.70. The third-order valence-corrected chi connectivity index (χ3v) is 5.31. The van der Waals surface area contributed by atoms with Crippen LogP contribution in [0.25, 0.3) is 0 Å². The van der Waals surface area contributed by atoms with Gasteiger partial charge in [0.25, 0.3) is 0 Å². The van der Waals surface area contributed by atoms with Gasteiger partial charge in [0.15, 0.2) is 17.0 Å². The Bertz CT molecular complexity index is 620. The first-order valence-corrected chi connectivity index (χ1v) is 8.33. The van der Waals surface area contributed by atoms with Crippen molar-refractivity contribution >= 4 is 34.3 Å². The predicted octanol–water partition coefficient (Wildman–Crippen LogP) is 2.60. The zero-order valence-electron chi connectivity index (χ0n) is 12.8. The van der Waals surface area contributed by atoms with Gasteiger partial charge in [0.05, 0.1) is 7.11 Å². The van der Waals surface area contributed by atoms with Crippen LogP contribution < -0.4 is 4.74 Å². The van der Waals surface area contributed by atoms with Crippen molar-refractivity contribution in [2.75, 3.05) is 19.4 Å². The third kappa shape index (κ3) is 2.63. The molecule has 0 spiro atoms. The van der Waals surface area contributed by atoms with E-state index in [0.717, 1.165) is 11.3 Å². The zero-order chi connectivity index (χ0) is 16.5. The number of hydrogen-bond donors (Lipinski definition) is 2. The number of benzene rings is 1. The van der Waals surface area contributed by atoms with Gasteiger partial charge >= 0.3 is 5.97 Å². The lowest BCUT2D eigenvalue weighted by Crippen LogP contribution is -2.55. The summed E-state index contributed by atoms with van der Waals surface area (Å²) in [5, 5.41) is 19.8. The highest BCUT2D eigenvalue weighted by Crippen LogP contribution is 2.42. The smallest absolute Gasteiger partial charge is 0.334 e. The van der Waals surface area contributed by atoms with Crippen molar-refractivity contribution < 1.29 is 19.7 Å². The molecule has 0 fully saturated rings. The van der Waals surface area contributed by atoms with Crippen LogP contribution in [0.15, 0.2) is 12.1 Å². The highest BCUT2D eigenvalue weighted by Gasteiger charge is 2.47. The number of carbonyl (C=O) groups is 1. The molecule has 1 unspecified atom stereocenters. The molecule has 0 aromatic heterocycles. The van der Waals surface area contributed by atoms with Crippen LogP contribution in [0.4, 0.5) is 0 Å². The molecule has 1 aliphatic rings. The Kier molecular flexibility index (Phi) is 4.87. The van der Waals surface area contributed by atoms with Crippen LogP contribution in [-0.4, -0.2) is 44.8 Å². The van der Waals surface area contributed by atoms with Crippen LogP contribution in [0.1, 0.15) is 25.0 Å². The number of methoxy groups -OCH3 is 1. The number of aromatic hydroxyl groups is 1. The van der Waals surface area contributed by atoms with Crippen LogP contribution in [0, 0.1) is 0 Å². The number of phenols is 1. The van der Waals surface area contributed by atoms with Crippen molar-refractivity contribution in [2.24, 2.45) is 0 Å². The second-order valence-electron chi connectivity index (χ2n) is 5.16. The van der Waals surface area contributed by atoms with E-state index in [1.165, 1.54) is 18.9 Å². The first kappa shape index (κ1) is 16.9. The number of aliphatic carboxylic acids is 1. The summed E-state index contributed by atoms with van der Waals surface area (Å²) in [5.41, 5.74) is 0.150. The average Bonchev–Trinajstić information content (AvgIpc) is 2.47. The van der Waals surface area contributed by atoms with Crippen molar-refractivity contribution in [2.45, 2.75) is 25.8 Å². The standard InChI is InChI=1S/C15H19NO4S2/c1-4-22-14(21)16-6-5-9-7-11(17)12(20-3)8-10(9)15(16,2)13(18)19/h7-8,17H,4-6H2,1-3H3,(H,18,19). The van der Waals surface area contributed by atoms with Gasteiger partial charge in [-0.25, -0.2) is 4.79 Å². The SMILES string of the molecule is CCSC(=S)N1CCc2cc(O)c(OC)cc2C1(C)C(=O)O. The first-order chi connectivity index (χ1) is 10.4. The Morgan fingerprint density at radius 3 is 2.77 bits per heavy atom. The van der Waals surface area contributed by atoms with E-state index >= 15 is 0 Å².